The fraction of sp³-hybridized carbons (Fsp3) is 0.400. The normalized spacial score (nSPS) is 29.3. The van der Waals surface area contributed by atoms with Crippen molar-refractivity contribution in [3.05, 3.63) is 23.5 Å². The number of carbonyl (C=O) groups excluding carboxylic acids is 2. The van der Waals surface area contributed by atoms with Gasteiger partial charge in [-0.3, -0.25) is 9.59 Å². The van der Waals surface area contributed by atoms with Gasteiger partial charge in [-0.25, -0.2) is 0 Å². The molecule has 1 amide bonds. The number of amides is 1. The second-order valence-electron chi connectivity index (χ2n) is 3.97. The van der Waals surface area contributed by atoms with Gasteiger partial charge in [-0.1, -0.05) is 0 Å². The SMILES string of the molecule is O=C1c2[nH]ccc2C(=O)C2(O)CCCN12. The molecule has 5 nitrogen and oxygen atoms in total. The fourth-order valence-electron chi connectivity index (χ4n) is 2.40. The molecule has 78 valence electrons. The summed E-state index contributed by atoms with van der Waals surface area (Å²) in [6, 6.07) is 1.54. The summed E-state index contributed by atoms with van der Waals surface area (Å²) in [5.74, 6) is -0.648. The Labute approximate surface area is 85.7 Å². The molecule has 0 aliphatic carbocycles. The van der Waals surface area contributed by atoms with Crippen LogP contribution in [-0.2, 0) is 0 Å². The number of carbonyl (C=O) groups is 2. The molecule has 0 spiro atoms. The quantitative estimate of drug-likeness (QED) is 0.634. The fourth-order valence-corrected chi connectivity index (χ4v) is 2.40. The predicted molar refractivity (Wildman–Crippen MR) is 50.3 cm³/mol. The van der Waals surface area contributed by atoms with E-state index in [-0.39, 0.29) is 11.7 Å². The molecule has 1 fully saturated rings. The van der Waals surface area contributed by atoms with E-state index in [1.54, 1.807) is 12.3 Å². The molecule has 2 N–H and O–H groups in total. The van der Waals surface area contributed by atoms with Crippen LogP contribution in [0.3, 0.4) is 0 Å². The Balaban J connectivity index is 2.23. The number of hydrogen-bond acceptors (Lipinski definition) is 3. The van der Waals surface area contributed by atoms with Crippen molar-refractivity contribution >= 4 is 11.7 Å². The minimum Gasteiger partial charge on any atom is -0.364 e. The van der Waals surface area contributed by atoms with E-state index in [9.17, 15) is 14.7 Å². The van der Waals surface area contributed by atoms with Crippen molar-refractivity contribution in [3.63, 3.8) is 0 Å². The first-order valence-electron chi connectivity index (χ1n) is 4.91. The van der Waals surface area contributed by atoms with Gasteiger partial charge < -0.3 is 15.0 Å². The Hall–Kier alpha value is -1.62. The third kappa shape index (κ3) is 0.860. The third-order valence-electron chi connectivity index (χ3n) is 3.17. The van der Waals surface area contributed by atoms with Crippen LogP contribution in [0.1, 0.15) is 33.7 Å². The molecule has 1 unspecified atom stereocenters. The number of aliphatic hydroxyl groups is 1. The summed E-state index contributed by atoms with van der Waals surface area (Å²) in [7, 11) is 0. The molecule has 3 rings (SSSR count). The molecule has 0 radical (unpaired) electrons. The molecule has 1 atom stereocenters. The number of nitrogens with one attached hydrogen (secondary N) is 1. The molecule has 0 bridgehead atoms. The molecular formula is C10H10N2O3. The van der Waals surface area contributed by atoms with Crippen LogP contribution in [0.4, 0.5) is 0 Å². The van der Waals surface area contributed by atoms with Crippen LogP contribution in [-0.4, -0.2) is 39.0 Å². The van der Waals surface area contributed by atoms with Crippen molar-refractivity contribution < 1.29 is 14.7 Å². The lowest BCUT2D eigenvalue weighted by atomic mass is 9.94. The summed E-state index contributed by atoms with van der Waals surface area (Å²) in [6.45, 7) is 0.444. The van der Waals surface area contributed by atoms with Gasteiger partial charge in [-0.2, -0.15) is 0 Å². The van der Waals surface area contributed by atoms with E-state index < -0.39 is 5.72 Å². The average molecular weight is 206 g/mol. The smallest absolute Gasteiger partial charge is 0.273 e. The van der Waals surface area contributed by atoms with Gasteiger partial charge in [0.25, 0.3) is 5.91 Å². The third-order valence-corrected chi connectivity index (χ3v) is 3.17. The van der Waals surface area contributed by atoms with Crippen LogP contribution in [0.25, 0.3) is 0 Å². The van der Waals surface area contributed by atoms with Crippen LogP contribution < -0.4 is 0 Å². The number of aromatic nitrogens is 1. The van der Waals surface area contributed by atoms with Gasteiger partial charge in [0.2, 0.25) is 11.5 Å². The highest BCUT2D eigenvalue weighted by Crippen LogP contribution is 2.36. The highest BCUT2D eigenvalue weighted by atomic mass is 16.3. The zero-order valence-electron chi connectivity index (χ0n) is 7.99. The van der Waals surface area contributed by atoms with E-state index in [4.69, 9.17) is 0 Å². The summed E-state index contributed by atoms with van der Waals surface area (Å²) in [4.78, 5) is 27.9. The van der Waals surface area contributed by atoms with Crippen LogP contribution in [0.15, 0.2) is 12.3 Å². The highest BCUT2D eigenvalue weighted by Gasteiger charge is 2.53. The first-order chi connectivity index (χ1) is 7.14. The Morgan fingerprint density at radius 2 is 2.27 bits per heavy atom. The number of hydrogen-bond donors (Lipinski definition) is 2. The van der Waals surface area contributed by atoms with Crippen molar-refractivity contribution in [1.29, 1.82) is 0 Å². The summed E-state index contributed by atoms with van der Waals surface area (Å²) in [6.07, 6.45) is 2.55. The lowest BCUT2D eigenvalue weighted by molar-refractivity contribution is -0.0422. The van der Waals surface area contributed by atoms with E-state index in [0.29, 0.717) is 30.6 Å². The molecule has 15 heavy (non-hydrogen) atoms. The molecule has 5 heteroatoms. The lowest BCUT2D eigenvalue weighted by Gasteiger charge is -2.35. The Morgan fingerprint density at radius 3 is 3.07 bits per heavy atom. The molecular weight excluding hydrogens is 196 g/mol. The number of fused-ring (bicyclic) bond motifs is 2. The molecule has 2 aliphatic heterocycles. The summed E-state index contributed by atoms with van der Waals surface area (Å²) in [5.41, 5.74) is -0.987. The number of rotatable bonds is 0. The van der Waals surface area contributed by atoms with Crippen molar-refractivity contribution in [1.82, 2.24) is 9.88 Å². The van der Waals surface area contributed by atoms with E-state index in [1.165, 1.54) is 4.90 Å². The zero-order valence-corrected chi connectivity index (χ0v) is 7.99. The van der Waals surface area contributed by atoms with Crippen LogP contribution in [0.5, 0.6) is 0 Å². The van der Waals surface area contributed by atoms with Crippen molar-refractivity contribution in [2.45, 2.75) is 18.6 Å². The minimum absolute atomic E-state index is 0.283. The second-order valence-corrected chi connectivity index (χ2v) is 3.97. The zero-order chi connectivity index (χ0) is 10.6. The van der Waals surface area contributed by atoms with Gasteiger partial charge in [0, 0.05) is 19.2 Å². The number of ketones is 1. The Morgan fingerprint density at radius 1 is 1.47 bits per heavy atom. The molecule has 3 heterocycles. The van der Waals surface area contributed by atoms with Crippen LogP contribution in [0, 0.1) is 0 Å². The maximum Gasteiger partial charge on any atom is 0.273 e. The maximum absolute atomic E-state index is 12.0. The maximum atomic E-state index is 12.0. The molecule has 1 saturated heterocycles. The van der Waals surface area contributed by atoms with E-state index in [1.807, 2.05) is 0 Å². The Bertz CT molecular complexity index is 465. The second kappa shape index (κ2) is 2.49. The monoisotopic (exact) mass is 206 g/mol. The van der Waals surface area contributed by atoms with Gasteiger partial charge in [0.15, 0.2) is 0 Å². The van der Waals surface area contributed by atoms with Gasteiger partial charge >= 0.3 is 0 Å². The van der Waals surface area contributed by atoms with E-state index in [0.717, 1.165) is 0 Å². The number of H-pyrrole nitrogens is 1. The first kappa shape index (κ1) is 8.67. The van der Waals surface area contributed by atoms with Gasteiger partial charge in [0.1, 0.15) is 5.69 Å². The minimum atomic E-state index is -1.59. The van der Waals surface area contributed by atoms with Crippen molar-refractivity contribution in [2.24, 2.45) is 0 Å². The van der Waals surface area contributed by atoms with Gasteiger partial charge in [-0.15, -0.1) is 0 Å². The lowest BCUT2D eigenvalue weighted by Crippen LogP contribution is -2.56. The van der Waals surface area contributed by atoms with Gasteiger partial charge in [0.05, 0.1) is 5.56 Å². The summed E-state index contributed by atoms with van der Waals surface area (Å²) < 4.78 is 0. The predicted octanol–water partition coefficient (Wildman–Crippen LogP) is 0.136. The van der Waals surface area contributed by atoms with Crippen molar-refractivity contribution in [2.75, 3.05) is 6.54 Å². The molecule has 0 aromatic carbocycles. The Kier molecular flexibility index (Phi) is 1.44. The largest absolute Gasteiger partial charge is 0.364 e. The van der Waals surface area contributed by atoms with E-state index in [2.05, 4.69) is 4.98 Å². The average Bonchev–Trinajstić information content (AvgIpc) is 2.81. The van der Waals surface area contributed by atoms with E-state index >= 15 is 0 Å². The molecule has 1 aromatic heterocycles. The summed E-state index contributed by atoms with van der Waals surface area (Å²) in [5, 5.41) is 10.2. The van der Waals surface area contributed by atoms with Crippen LogP contribution in [0.2, 0.25) is 0 Å². The van der Waals surface area contributed by atoms with Crippen molar-refractivity contribution in [3.8, 4) is 0 Å². The number of nitrogens with zero attached hydrogens (tertiary/aromatic N) is 1. The molecule has 2 aliphatic rings. The van der Waals surface area contributed by atoms with Gasteiger partial charge in [-0.05, 0) is 12.5 Å². The topological polar surface area (TPSA) is 73.4 Å². The standard InChI is InChI=1S/C10H10N2O3/c13-8-6-2-4-11-7(6)9(14)12-5-1-3-10(8,12)15/h2,4,11,15H,1,3,5H2. The highest BCUT2D eigenvalue weighted by molar-refractivity contribution is 6.16. The summed E-state index contributed by atoms with van der Waals surface area (Å²) >= 11 is 0. The number of aromatic amines is 1. The molecule has 1 aromatic rings. The van der Waals surface area contributed by atoms with Crippen LogP contribution >= 0.6 is 0 Å². The number of Topliss-reactive ketones (excluding diaryl/α,β-unsaturated/α-hetero) is 1. The molecule has 0 saturated carbocycles. The first-order valence-corrected chi connectivity index (χ1v) is 4.91.